The fourth-order valence-corrected chi connectivity index (χ4v) is 4.92. The molecule has 3 aromatic rings. The zero-order valence-corrected chi connectivity index (χ0v) is 23.7. The molecule has 212 valence electrons. The molecule has 0 aromatic heterocycles. The second kappa shape index (κ2) is 13.5. The van der Waals surface area contributed by atoms with E-state index in [1.165, 1.54) is 0 Å². The molecule has 0 bridgehead atoms. The first kappa shape index (κ1) is 29.1. The van der Waals surface area contributed by atoms with Crippen LogP contribution in [0, 0.1) is 5.92 Å². The maximum atomic E-state index is 13.7. The third-order valence-electron chi connectivity index (χ3n) is 7.26. The number of likely N-dealkylation sites (N-methyl/N-ethyl adjacent to an activating group) is 1. The van der Waals surface area contributed by atoms with Gasteiger partial charge in [-0.05, 0) is 55.4 Å². The van der Waals surface area contributed by atoms with Crippen molar-refractivity contribution in [2.75, 3.05) is 39.2 Å². The van der Waals surface area contributed by atoms with Gasteiger partial charge in [-0.3, -0.25) is 14.5 Å². The molecule has 3 aromatic carbocycles. The zero-order chi connectivity index (χ0) is 28.6. The average molecular weight is 546 g/mol. The Balaban J connectivity index is 1.54. The first-order valence-corrected chi connectivity index (χ1v) is 13.6. The number of anilines is 1. The van der Waals surface area contributed by atoms with Crippen LogP contribution in [0.3, 0.4) is 0 Å². The molecule has 2 amide bonds. The lowest BCUT2D eigenvalue weighted by Gasteiger charge is -2.38. The van der Waals surface area contributed by atoms with Gasteiger partial charge in [-0.15, -0.1) is 0 Å². The molecule has 0 aliphatic carbocycles. The summed E-state index contributed by atoms with van der Waals surface area (Å²) in [5.41, 5.74) is 2.95. The van der Waals surface area contributed by atoms with Crippen molar-refractivity contribution in [3.8, 4) is 11.5 Å². The molecule has 8 heteroatoms. The van der Waals surface area contributed by atoms with Crippen molar-refractivity contribution in [1.29, 1.82) is 0 Å². The van der Waals surface area contributed by atoms with Gasteiger partial charge in [0.2, 0.25) is 5.91 Å². The van der Waals surface area contributed by atoms with Crippen LogP contribution in [0.15, 0.2) is 72.8 Å². The number of amides is 2. The zero-order valence-electron chi connectivity index (χ0n) is 23.7. The molecule has 0 saturated carbocycles. The van der Waals surface area contributed by atoms with Gasteiger partial charge in [0.1, 0.15) is 17.6 Å². The van der Waals surface area contributed by atoms with Gasteiger partial charge < -0.3 is 24.8 Å². The second-order valence-corrected chi connectivity index (χ2v) is 10.6. The van der Waals surface area contributed by atoms with Crippen LogP contribution in [0.5, 0.6) is 11.5 Å². The highest BCUT2D eigenvalue weighted by Gasteiger charge is 2.33. The van der Waals surface area contributed by atoms with E-state index in [1.807, 2.05) is 68.6 Å². The summed E-state index contributed by atoms with van der Waals surface area (Å²) >= 11 is 0. The van der Waals surface area contributed by atoms with Crippen LogP contribution in [-0.2, 0) is 17.8 Å². The van der Waals surface area contributed by atoms with E-state index in [9.17, 15) is 14.7 Å². The minimum absolute atomic E-state index is 0.00895. The predicted molar refractivity (Wildman–Crippen MR) is 156 cm³/mol. The quantitative estimate of drug-likeness (QED) is 0.396. The third kappa shape index (κ3) is 7.40. The molecule has 40 heavy (non-hydrogen) atoms. The minimum Gasteiger partial charge on any atom is -0.497 e. The molecular formula is C32H39N3O5. The Morgan fingerprint density at radius 3 is 2.52 bits per heavy atom. The van der Waals surface area contributed by atoms with Crippen LogP contribution in [0.25, 0.3) is 0 Å². The highest BCUT2D eigenvalue weighted by Crippen LogP contribution is 2.31. The lowest BCUT2D eigenvalue weighted by atomic mass is 9.99. The monoisotopic (exact) mass is 545 g/mol. The fraction of sp³-hybridized carbons (Fsp3) is 0.375. The van der Waals surface area contributed by atoms with Crippen LogP contribution >= 0.6 is 0 Å². The molecule has 1 heterocycles. The number of fused-ring (bicyclic) bond motifs is 1. The maximum absolute atomic E-state index is 13.7. The number of ether oxygens (including phenoxy) is 2. The fourth-order valence-electron chi connectivity index (χ4n) is 4.92. The van der Waals surface area contributed by atoms with Gasteiger partial charge in [0, 0.05) is 31.2 Å². The Morgan fingerprint density at radius 2 is 1.85 bits per heavy atom. The van der Waals surface area contributed by atoms with E-state index in [1.54, 1.807) is 30.2 Å². The first-order valence-electron chi connectivity index (χ1n) is 13.6. The van der Waals surface area contributed by atoms with Crippen molar-refractivity contribution in [3.63, 3.8) is 0 Å². The Morgan fingerprint density at radius 1 is 1.12 bits per heavy atom. The number of carbonyl (C=O) groups excluding carboxylic acids is 2. The number of aliphatic hydroxyl groups excluding tert-OH is 1. The van der Waals surface area contributed by atoms with Gasteiger partial charge >= 0.3 is 0 Å². The minimum atomic E-state index is -0.366. The van der Waals surface area contributed by atoms with Crippen LogP contribution in [-0.4, -0.2) is 72.7 Å². The molecule has 3 atom stereocenters. The Bertz CT molecular complexity index is 1280. The van der Waals surface area contributed by atoms with Gasteiger partial charge in [0.25, 0.3) is 5.91 Å². The third-order valence-corrected chi connectivity index (χ3v) is 7.26. The van der Waals surface area contributed by atoms with E-state index in [4.69, 9.17) is 9.47 Å². The average Bonchev–Trinajstić information content (AvgIpc) is 2.95. The summed E-state index contributed by atoms with van der Waals surface area (Å²) < 4.78 is 11.8. The summed E-state index contributed by atoms with van der Waals surface area (Å²) in [5, 5.41) is 12.8. The van der Waals surface area contributed by atoms with Gasteiger partial charge in [-0.25, -0.2) is 0 Å². The molecule has 0 unspecified atom stereocenters. The number of nitrogens with one attached hydrogen (secondary N) is 1. The predicted octanol–water partition coefficient (Wildman–Crippen LogP) is 4.23. The first-order chi connectivity index (χ1) is 19.3. The standard InChI is InChI=1S/C32H39N3O5/c1-22-18-35(23(2)21-36)32(38)28-17-26(33-31(37)16-24-8-6-5-7-9-24)12-15-29(28)40-30(22)20-34(3)19-25-10-13-27(39-4)14-11-25/h5-15,17,22-23,30,36H,16,18-21H2,1-4H3,(H,33,37)/t22-,23+,30+/m1/s1. The Kier molecular flexibility index (Phi) is 9.79. The van der Waals surface area contributed by atoms with E-state index in [-0.39, 0.29) is 42.9 Å². The number of benzene rings is 3. The molecule has 2 N–H and O–H groups in total. The normalized spacial score (nSPS) is 17.9. The Hall–Kier alpha value is -3.88. The second-order valence-electron chi connectivity index (χ2n) is 10.6. The molecule has 4 rings (SSSR count). The van der Waals surface area contributed by atoms with Crippen molar-refractivity contribution in [1.82, 2.24) is 9.80 Å². The highest BCUT2D eigenvalue weighted by molar-refractivity contribution is 6.00. The van der Waals surface area contributed by atoms with Crippen LogP contribution in [0.2, 0.25) is 0 Å². The summed E-state index contributed by atoms with van der Waals surface area (Å²) in [6.45, 7) is 5.56. The van der Waals surface area contributed by atoms with Crippen molar-refractivity contribution in [3.05, 3.63) is 89.5 Å². The number of aliphatic hydroxyl groups is 1. The topological polar surface area (TPSA) is 91.3 Å². The summed E-state index contributed by atoms with van der Waals surface area (Å²) in [6.07, 6.45) is 0.0258. The molecule has 0 fully saturated rings. The molecular weight excluding hydrogens is 506 g/mol. The molecule has 1 aliphatic heterocycles. The van der Waals surface area contributed by atoms with Crippen LogP contribution in [0.4, 0.5) is 5.69 Å². The summed E-state index contributed by atoms with van der Waals surface area (Å²) in [5.74, 6) is 0.897. The van der Waals surface area contributed by atoms with Crippen molar-refractivity contribution in [2.24, 2.45) is 5.92 Å². The number of rotatable bonds is 10. The van der Waals surface area contributed by atoms with Crippen LogP contribution in [0.1, 0.15) is 35.3 Å². The number of nitrogens with zero attached hydrogens (tertiary/aromatic N) is 2. The molecule has 0 saturated heterocycles. The van der Waals surface area contributed by atoms with E-state index in [0.717, 1.165) is 23.4 Å². The van der Waals surface area contributed by atoms with E-state index < -0.39 is 0 Å². The van der Waals surface area contributed by atoms with E-state index in [0.29, 0.717) is 30.1 Å². The lowest BCUT2D eigenvalue weighted by molar-refractivity contribution is -0.115. The number of carbonyl (C=O) groups is 2. The van der Waals surface area contributed by atoms with Gasteiger partial charge in [0.05, 0.1) is 31.7 Å². The summed E-state index contributed by atoms with van der Waals surface area (Å²) in [6, 6.07) is 22.3. The van der Waals surface area contributed by atoms with Crippen molar-refractivity contribution < 1.29 is 24.2 Å². The van der Waals surface area contributed by atoms with Gasteiger partial charge in [0.15, 0.2) is 0 Å². The molecule has 1 aliphatic rings. The maximum Gasteiger partial charge on any atom is 0.258 e. The highest BCUT2D eigenvalue weighted by atomic mass is 16.5. The smallest absolute Gasteiger partial charge is 0.258 e. The van der Waals surface area contributed by atoms with E-state index >= 15 is 0 Å². The van der Waals surface area contributed by atoms with Crippen molar-refractivity contribution in [2.45, 2.75) is 39.0 Å². The number of methoxy groups -OCH3 is 1. The van der Waals surface area contributed by atoms with E-state index in [2.05, 4.69) is 17.1 Å². The largest absolute Gasteiger partial charge is 0.497 e. The van der Waals surface area contributed by atoms with Crippen molar-refractivity contribution >= 4 is 17.5 Å². The SMILES string of the molecule is COc1ccc(CN(C)C[C@@H]2Oc3ccc(NC(=O)Cc4ccccc4)cc3C(=O)N([C@@H](C)CO)C[C@H]2C)cc1. The summed E-state index contributed by atoms with van der Waals surface area (Å²) in [7, 11) is 3.70. The molecule has 0 spiro atoms. The summed E-state index contributed by atoms with van der Waals surface area (Å²) in [4.78, 5) is 30.3. The van der Waals surface area contributed by atoms with Crippen LogP contribution < -0.4 is 14.8 Å². The van der Waals surface area contributed by atoms with Gasteiger partial charge in [-0.1, -0.05) is 49.4 Å². The molecule has 8 nitrogen and oxygen atoms in total. The lowest BCUT2D eigenvalue weighted by Crippen LogP contribution is -2.49. The Labute approximate surface area is 236 Å². The number of hydrogen-bond acceptors (Lipinski definition) is 6. The number of hydrogen-bond donors (Lipinski definition) is 2. The van der Waals surface area contributed by atoms with Gasteiger partial charge in [-0.2, -0.15) is 0 Å². The molecule has 0 radical (unpaired) electrons.